The summed E-state index contributed by atoms with van der Waals surface area (Å²) in [6, 6.07) is 0.282. The van der Waals surface area contributed by atoms with Crippen molar-refractivity contribution in [1.29, 1.82) is 0 Å². The van der Waals surface area contributed by atoms with Gasteiger partial charge >= 0.3 is 0 Å². The lowest BCUT2D eigenvalue weighted by atomic mass is 10.2. The first-order chi connectivity index (χ1) is 5.55. The van der Waals surface area contributed by atoms with E-state index in [-0.39, 0.29) is 6.04 Å². The minimum Gasteiger partial charge on any atom is -0.212 e. The highest BCUT2D eigenvalue weighted by atomic mass is 32.2. The molecule has 0 N–H and O–H groups in total. The molecule has 0 aromatic heterocycles. The lowest BCUT2D eigenvalue weighted by Gasteiger charge is -2.24. The first kappa shape index (κ1) is 9.99. The number of sulfonamides is 1. The van der Waals surface area contributed by atoms with Crippen LogP contribution >= 0.6 is 0 Å². The summed E-state index contributed by atoms with van der Waals surface area (Å²) in [7, 11) is -2.97. The number of hydrogen-bond acceptors (Lipinski definition) is 2. The van der Waals surface area contributed by atoms with Crippen LogP contribution in [0.4, 0.5) is 0 Å². The Morgan fingerprint density at radius 3 is 2.17 bits per heavy atom. The van der Waals surface area contributed by atoms with E-state index in [2.05, 4.69) is 0 Å². The van der Waals surface area contributed by atoms with Gasteiger partial charge in [-0.25, -0.2) is 8.42 Å². The molecule has 0 radical (unpaired) electrons. The summed E-state index contributed by atoms with van der Waals surface area (Å²) in [5.74, 6) is 0. The summed E-state index contributed by atoms with van der Waals surface area (Å²) >= 11 is 0. The van der Waals surface area contributed by atoms with E-state index in [4.69, 9.17) is 0 Å². The van der Waals surface area contributed by atoms with Crippen LogP contribution in [0.5, 0.6) is 0 Å². The van der Waals surface area contributed by atoms with Crippen LogP contribution in [-0.4, -0.2) is 31.6 Å². The fourth-order valence-corrected chi connectivity index (χ4v) is 3.18. The molecule has 12 heavy (non-hydrogen) atoms. The SMILES string of the molecule is CCN(C1CCCC1)S(C)(=O)=O. The standard InChI is InChI=1S/C8H17NO2S/c1-3-9(12(2,10)11)8-6-4-5-7-8/h8H,3-7H2,1-2H3. The fourth-order valence-electron chi connectivity index (χ4n) is 1.96. The molecule has 3 nitrogen and oxygen atoms in total. The Balaban J connectivity index is 2.68. The van der Waals surface area contributed by atoms with E-state index >= 15 is 0 Å². The summed E-state index contributed by atoms with van der Waals surface area (Å²) in [5.41, 5.74) is 0. The molecule has 0 spiro atoms. The highest BCUT2D eigenvalue weighted by Gasteiger charge is 2.27. The minimum absolute atomic E-state index is 0.282. The second kappa shape index (κ2) is 3.75. The number of rotatable bonds is 3. The van der Waals surface area contributed by atoms with Crippen molar-refractivity contribution in [3.05, 3.63) is 0 Å². The second-order valence-electron chi connectivity index (χ2n) is 3.40. The van der Waals surface area contributed by atoms with Gasteiger partial charge in [0.2, 0.25) is 10.0 Å². The minimum atomic E-state index is -2.97. The van der Waals surface area contributed by atoms with Crippen molar-refractivity contribution >= 4 is 10.0 Å². The van der Waals surface area contributed by atoms with Gasteiger partial charge in [-0.3, -0.25) is 0 Å². The third-order valence-electron chi connectivity index (χ3n) is 2.47. The highest BCUT2D eigenvalue weighted by Crippen LogP contribution is 2.24. The molecule has 0 aromatic rings. The van der Waals surface area contributed by atoms with Crippen LogP contribution in [0.25, 0.3) is 0 Å². The Labute approximate surface area is 74.8 Å². The van der Waals surface area contributed by atoms with Crippen LogP contribution in [-0.2, 0) is 10.0 Å². The zero-order chi connectivity index (χ0) is 9.19. The van der Waals surface area contributed by atoms with E-state index in [1.54, 1.807) is 4.31 Å². The summed E-state index contributed by atoms with van der Waals surface area (Å²) in [5, 5.41) is 0. The lowest BCUT2D eigenvalue weighted by Crippen LogP contribution is -2.37. The van der Waals surface area contributed by atoms with Crippen LogP contribution in [0.3, 0.4) is 0 Å². The van der Waals surface area contributed by atoms with Gasteiger partial charge in [0.25, 0.3) is 0 Å². The summed E-state index contributed by atoms with van der Waals surface area (Å²) < 4.78 is 24.2. The van der Waals surface area contributed by atoms with E-state index in [1.165, 1.54) is 19.1 Å². The second-order valence-corrected chi connectivity index (χ2v) is 5.34. The van der Waals surface area contributed by atoms with E-state index in [9.17, 15) is 8.42 Å². The first-order valence-electron chi connectivity index (χ1n) is 4.52. The Hall–Kier alpha value is -0.0900. The maximum absolute atomic E-state index is 11.3. The molecule has 4 heteroatoms. The molecule has 1 aliphatic carbocycles. The van der Waals surface area contributed by atoms with E-state index in [1.807, 2.05) is 6.92 Å². The average Bonchev–Trinajstić information content (AvgIpc) is 2.38. The predicted octanol–water partition coefficient (Wildman–Crippen LogP) is 1.21. The van der Waals surface area contributed by atoms with Crippen molar-refractivity contribution in [2.75, 3.05) is 12.8 Å². The summed E-state index contributed by atoms with van der Waals surface area (Å²) in [6.45, 7) is 2.52. The first-order valence-corrected chi connectivity index (χ1v) is 6.37. The highest BCUT2D eigenvalue weighted by molar-refractivity contribution is 7.88. The van der Waals surface area contributed by atoms with Gasteiger partial charge in [-0.1, -0.05) is 19.8 Å². The predicted molar refractivity (Wildman–Crippen MR) is 49.5 cm³/mol. The monoisotopic (exact) mass is 191 g/mol. The van der Waals surface area contributed by atoms with Gasteiger partial charge in [0, 0.05) is 12.6 Å². The third kappa shape index (κ3) is 2.20. The molecule has 1 rings (SSSR count). The molecule has 0 unspecified atom stereocenters. The molecule has 1 fully saturated rings. The fraction of sp³-hybridized carbons (Fsp3) is 1.00. The molecular formula is C8H17NO2S. The van der Waals surface area contributed by atoms with Crippen molar-refractivity contribution in [2.45, 2.75) is 38.6 Å². The van der Waals surface area contributed by atoms with Crippen molar-refractivity contribution in [3.8, 4) is 0 Å². The molecule has 1 aliphatic rings. The zero-order valence-electron chi connectivity index (χ0n) is 7.78. The van der Waals surface area contributed by atoms with Gasteiger partial charge < -0.3 is 0 Å². The molecule has 0 amide bonds. The van der Waals surface area contributed by atoms with Crippen molar-refractivity contribution in [1.82, 2.24) is 4.31 Å². The Morgan fingerprint density at radius 1 is 1.33 bits per heavy atom. The largest absolute Gasteiger partial charge is 0.212 e. The topological polar surface area (TPSA) is 37.4 Å². The molecule has 0 atom stereocenters. The molecular weight excluding hydrogens is 174 g/mol. The molecule has 1 saturated carbocycles. The van der Waals surface area contributed by atoms with E-state index < -0.39 is 10.0 Å². The average molecular weight is 191 g/mol. The lowest BCUT2D eigenvalue weighted by molar-refractivity contribution is 0.338. The van der Waals surface area contributed by atoms with E-state index in [0.717, 1.165) is 12.8 Å². The molecule has 0 aliphatic heterocycles. The summed E-state index contributed by atoms with van der Waals surface area (Å²) in [4.78, 5) is 0. The maximum atomic E-state index is 11.3. The van der Waals surface area contributed by atoms with Crippen molar-refractivity contribution in [3.63, 3.8) is 0 Å². The normalized spacial score (nSPS) is 20.6. The van der Waals surface area contributed by atoms with Gasteiger partial charge in [-0.2, -0.15) is 4.31 Å². The molecule has 0 heterocycles. The Morgan fingerprint density at radius 2 is 1.83 bits per heavy atom. The molecule has 0 aromatic carbocycles. The van der Waals surface area contributed by atoms with Crippen LogP contribution in [0.1, 0.15) is 32.6 Å². The number of hydrogen-bond donors (Lipinski definition) is 0. The van der Waals surface area contributed by atoms with Crippen molar-refractivity contribution in [2.24, 2.45) is 0 Å². The molecule has 0 bridgehead atoms. The molecule has 0 saturated heterocycles. The van der Waals surface area contributed by atoms with Crippen LogP contribution in [0, 0.1) is 0 Å². The van der Waals surface area contributed by atoms with Gasteiger partial charge in [0.1, 0.15) is 0 Å². The quantitative estimate of drug-likeness (QED) is 0.672. The third-order valence-corrected chi connectivity index (χ3v) is 3.88. The van der Waals surface area contributed by atoms with Crippen LogP contribution < -0.4 is 0 Å². The van der Waals surface area contributed by atoms with Gasteiger partial charge in [-0.15, -0.1) is 0 Å². The van der Waals surface area contributed by atoms with Gasteiger partial charge in [0.05, 0.1) is 6.26 Å². The van der Waals surface area contributed by atoms with Crippen molar-refractivity contribution < 1.29 is 8.42 Å². The Bertz CT molecular complexity index is 229. The smallest absolute Gasteiger partial charge is 0.211 e. The molecule has 72 valence electrons. The Kier molecular flexibility index (Phi) is 3.12. The van der Waals surface area contributed by atoms with Gasteiger partial charge in [0.15, 0.2) is 0 Å². The number of nitrogens with zero attached hydrogens (tertiary/aromatic N) is 1. The summed E-state index contributed by atoms with van der Waals surface area (Å²) in [6.07, 6.45) is 5.74. The van der Waals surface area contributed by atoms with E-state index in [0.29, 0.717) is 6.54 Å². The zero-order valence-corrected chi connectivity index (χ0v) is 8.60. The maximum Gasteiger partial charge on any atom is 0.211 e. The van der Waals surface area contributed by atoms with Crippen LogP contribution in [0.15, 0.2) is 0 Å². The van der Waals surface area contributed by atoms with Gasteiger partial charge in [-0.05, 0) is 12.8 Å². The van der Waals surface area contributed by atoms with Crippen LogP contribution in [0.2, 0.25) is 0 Å².